The number of alkyl halides is 1. The topological polar surface area (TPSA) is 48.1 Å². The SMILES string of the molecule is COCC(F)(CCCN)Cc1ccccn1. The molecule has 0 saturated heterocycles. The molecule has 0 saturated carbocycles. The van der Waals surface area contributed by atoms with Crippen LogP contribution in [-0.4, -0.2) is 30.9 Å². The molecule has 0 spiro atoms. The maximum Gasteiger partial charge on any atom is 0.139 e. The summed E-state index contributed by atoms with van der Waals surface area (Å²) in [4.78, 5) is 4.13. The van der Waals surface area contributed by atoms with E-state index in [1.807, 2.05) is 18.2 Å². The first-order valence-electron chi connectivity index (χ1n) is 5.48. The van der Waals surface area contributed by atoms with Crippen molar-refractivity contribution in [3.8, 4) is 0 Å². The van der Waals surface area contributed by atoms with Crippen LogP contribution in [0.25, 0.3) is 0 Å². The van der Waals surface area contributed by atoms with Gasteiger partial charge in [-0.1, -0.05) is 6.07 Å². The number of ether oxygens (including phenoxy) is 1. The van der Waals surface area contributed by atoms with Crippen LogP contribution in [0.5, 0.6) is 0 Å². The highest BCUT2D eigenvalue weighted by Gasteiger charge is 2.29. The van der Waals surface area contributed by atoms with Gasteiger partial charge in [0.2, 0.25) is 0 Å². The number of rotatable bonds is 7. The molecule has 1 rings (SSSR count). The van der Waals surface area contributed by atoms with Gasteiger partial charge in [0.25, 0.3) is 0 Å². The predicted molar refractivity (Wildman–Crippen MR) is 61.9 cm³/mol. The van der Waals surface area contributed by atoms with Crippen LogP contribution in [0.1, 0.15) is 18.5 Å². The third-order valence-corrected chi connectivity index (χ3v) is 2.46. The van der Waals surface area contributed by atoms with Gasteiger partial charge in [-0.05, 0) is 31.5 Å². The minimum Gasteiger partial charge on any atom is -0.381 e. The zero-order chi connectivity index (χ0) is 11.9. The van der Waals surface area contributed by atoms with Gasteiger partial charge in [0.15, 0.2) is 0 Å². The summed E-state index contributed by atoms with van der Waals surface area (Å²) in [6.45, 7) is 0.585. The maximum absolute atomic E-state index is 14.4. The summed E-state index contributed by atoms with van der Waals surface area (Å²) >= 11 is 0. The summed E-state index contributed by atoms with van der Waals surface area (Å²) in [5.41, 5.74) is 4.79. The van der Waals surface area contributed by atoms with Gasteiger partial charge in [0, 0.05) is 25.4 Å². The maximum atomic E-state index is 14.4. The monoisotopic (exact) mass is 226 g/mol. The van der Waals surface area contributed by atoms with Crippen LogP contribution in [0, 0.1) is 0 Å². The van der Waals surface area contributed by atoms with Crippen molar-refractivity contribution in [3.05, 3.63) is 30.1 Å². The van der Waals surface area contributed by atoms with E-state index in [9.17, 15) is 4.39 Å². The summed E-state index contributed by atoms with van der Waals surface area (Å²) in [6.07, 6.45) is 3.02. The van der Waals surface area contributed by atoms with E-state index < -0.39 is 5.67 Å². The molecule has 2 N–H and O–H groups in total. The zero-order valence-corrected chi connectivity index (χ0v) is 9.66. The van der Waals surface area contributed by atoms with Crippen LogP contribution in [0.4, 0.5) is 4.39 Å². The molecule has 0 aromatic carbocycles. The largest absolute Gasteiger partial charge is 0.381 e. The van der Waals surface area contributed by atoms with Gasteiger partial charge in [0.05, 0.1) is 6.61 Å². The Bertz CT molecular complexity index is 294. The van der Waals surface area contributed by atoms with Crippen molar-refractivity contribution in [2.75, 3.05) is 20.3 Å². The fourth-order valence-corrected chi connectivity index (χ4v) is 1.72. The Kier molecular flexibility index (Phi) is 5.35. The van der Waals surface area contributed by atoms with E-state index in [4.69, 9.17) is 10.5 Å². The smallest absolute Gasteiger partial charge is 0.139 e. The molecular formula is C12H19FN2O. The summed E-state index contributed by atoms with van der Waals surface area (Å²) < 4.78 is 19.4. The molecule has 3 nitrogen and oxygen atoms in total. The van der Waals surface area contributed by atoms with Crippen molar-refractivity contribution in [1.82, 2.24) is 4.98 Å². The van der Waals surface area contributed by atoms with Gasteiger partial charge in [-0.15, -0.1) is 0 Å². The highest BCUT2D eigenvalue weighted by Crippen LogP contribution is 2.23. The average molecular weight is 226 g/mol. The van der Waals surface area contributed by atoms with Crippen molar-refractivity contribution in [3.63, 3.8) is 0 Å². The highest BCUT2D eigenvalue weighted by atomic mass is 19.1. The van der Waals surface area contributed by atoms with Gasteiger partial charge in [-0.3, -0.25) is 4.98 Å². The molecule has 0 fully saturated rings. The molecule has 0 aliphatic rings. The van der Waals surface area contributed by atoms with Crippen molar-refractivity contribution >= 4 is 0 Å². The average Bonchev–Trinajstić information content (AvgIpc) is 2.28. The van der Waals surface area contributed by atoms with Crippen LogP contribution in [0.3, 0.4) is 0 Å². The summed E-state index contributed by atoms with van der Waals surface area (Å²) in [6, 6.07) is 5.50. The molecule has 1 aromatic rings. The van der Waals surface area contributed by atoms with Gasteiger partial charge in [-0.25, -0.2) is 4.39 Å². The van der Waals surface area contributed by atoms with Gasteiger partial charge in [0.1, 0.15) is 5.67 Å². The second kappa shape index (κ2) is 6.55. The normalized spacial score (nSPS) is 14.7. The van der Waals surface area contributed by atoms with E-state index in [2.05, 4.69) is 4.98 Å². The van der Waals surface area contributed by atoms with Crippen molar-refractivity contribution in [1.29, 1.82) is 0 Å². The summed E-state index contributed by atoms with van der Waals surface area (Å²) in [5, 5.41) is 0. The number of aromatic nitrogens is 1. The first kappa shape index (κ1) is 13.1. The minimum atomic E-state index is -1.36. The molecule has 16 heavy (non-hydrogen) atoms. The summed E-state index contributed by atoms with van der Waals surface area (Å²) in [5.74, 6) is 0. The van der Waals surface area contributed by atoms with Crippen molar-refractivity contribution < 1.29 is 9.13 Å². The number of nitrogens with two attached hydrogens (primary N) is 1. The van der Waals surface area contributed by atoms with Crippen LogP contribution < -0.4 is 5.73 Å². The first-order chi connectivity index (χ1) is 7.70. The Balaban J connectivity index is 2.62. The Morgan fingerprint density at radius 2 is 2.31 bits per heavy atom. The van der Waals surface area contributed by atoms with E-state index in [0.717, 1.165) is 5.69 Å². The lowest BCUT2D eigenvalue weighted by molar-refractivity contribution is 0.0327. The van der Waals surface area contributed by atoms with E-state index >= 15 is 0 Å². The zero-order valence-electron chi connectivity index (χ0n) is 9.66. The fourth-order valence-electron chi connectivity index (χ4n) is 1.72. The Hall–Kier alpha value is -1.00. The first-order valence-corrected chi connectivity index (χ1v) is 5.48. The van der Waals surface area contributed by atoms with E-state index in [0.29, 0.717) is 19.4 Å². The number of pyridine rings is 1. The minimum absolute atomic E-state index is 0.0869. The van der Waals surface area contributed by atoms with Gasteiger partial charge >= 0.3 is 0 Å². The van der Waals surface area contributed by atoms with E-state index in [-0.39, 0.29) is 13.0 Å². The molecule has 1 aromatic heterocycles. The van der Waals surface area contributed by atoms with Gasteiger partial charge in [-0.2, -0.15) is 0 Å². The molecule has 0 radical (unpaired) electrons. The van der Waals surface area contributed by atoms with Gasteiger partial charge < -0.3 is 10.5 Å². The predicted octanol–water partition coefficient (Wildman–Crippen LogP) is 1.72. The number of hydrogen-bond donors (Lipinski definition) is 1. The van der Waals surface area contributed by atoms with E-state index in [1.165, 1.54) is 7.11 Å². The molecule has 1 heterocycles. The third-order valence-electron chi connectivity index (χ3n) is 2.46. The standard InChI is InChI=1S/C12H19FN2O/c1-16-10-12(13,6-4-7-14)9-11-5-2-3-8-15-11/h2-3,5,8H,4,6-7,9-10,14H2,1H3. The van der Waals surface area contributed by atoms with Crippen LogP contribution >= 0.6 is 0 Å². The lowest BCUT2D eigenvalue weighted by atomic mass is 9.94. The Morgan fingerprint density at radius 1 is 1.50 bits per heavy atom. The lowest BCUT2D eigenvalue weighted by Gasteiger charge is -2.24. The Labute approximate surface area is 95.8 Å². The van der Waals surface area contributed by atoms with Crippen molar-refractivity contribution in [2.45, 2.75) is 24.9 Å². The molecule has 1 atom stereocenters. The number of halogens is 1. The van der Waals surface area contributed by atoms with Crippen LogP contribution in [-0.2, 0) is 11.2 Å². The number of hydrogen-bond acceptors (Lipinski definition) is 3. The summed E-state index contributed by atoms with van der Waals surface area (Å²) in [7, 11) is 1.51. The number of nitrogens with zero attached hydrogens (tertiary/aromatic N) is 1. The molecule has 90 valence electrons. The molecule has 4 heteroatoms. The molecule has 1 unspecified atom stereocenters. The highest BCUT2D eigenvalue weighted by molar-refractivity contribution is 5.07. The molecular weight excluding hydrogens is 207 g/mol. The van der Waals surface area contributed by atoms with Crippen molar-refractivity contribution in [2.24, 2.45) is 5.73 Å². The lowest BCUT2D eigenvalue weighted by Crippen LogP contribution is -2.32. The quantitative estimate of drug-likeness (QED) is 0.770. The van der Waals surface area contributed by atoms with Crippen LogP contribution in [0.15, 0.2) is 24.4 Å². The van der Waals surface area contributed by atoms with Crippen LogP contribution in [0.2, 0.25) is 0 Å². The third kappa shape index (κ3) is 4.24. The fraction of sp³-hybridized carbons (Fsp3) is 0.583. The second-order valence-electron chi connectivity index (χ2n) is 3.97. The van der Waals surface area contributed by atoms with E-state index in [1.54, 1.807) is 6.20 Å². The molecule has 0 aliphatic heterocycles. The molecule has 0 aliphatic carbocycles. The number of methoxy groups -OCH3 is 1. The second-order valence-corrected chi connectivity index (χ2v) is 3.97. The Morgan fingerprint density at radius 3 is 2.88 bits per heavy atom. The molecule has 0 bridgehead atoms. The molecule has 0 amide bonds.